The van der Waals surface area contributed by atoms with Crippen molar-refractivity contribution in [1.29, 1.82) is 0 Å². The Bertz CT molecular complexity index is 238. The van der Waals surface area contributed by atoms with Crippen LogP contribution in [0.5, 0.6) is 0 Å². The zero-order valence-corrected chi connectivity index (χ0v) is 9.94. The molecular weight excluding hydrogens is 251 g/mol. The minimum absolute atomic E-state index is 0. The lowest BCUT2D eigenvalue weighted by molar-refractivity contribution is 0.886. The molecule has 0 aliphatic rings. The summed E-state index contributed by atoms with van der Waals surface area (Å²) < 4.78 is 1.10. The fourth-order valence-corrected chi connectivity index (χ4v) is 1.28. The second-order valence-corrected chi connectivity index (χ2v) is 3.60. The maximum absolute atomic E-state index is 5.45. The summed E-state index contributed by atoms with van der Waals surface area (Å²) in [5.74, 6) is 0. The molecule has 0 saturated carbocycles. The maximum atomic E-state index is 5.45. The van der Waals surface area contributed by atoms with Crippen molar-refractivity contribution in [3.05, 3.63) is 28.7 Å². The molecule has 0 saturated heterocycles. The van der Waals surface area contributed by atoms with E-state index in [2.05, 4.69) is 33.0 Å². The van der Waals surface area contributed by atoms with Gasteiger partial charge in [0, 0.05) is 30.3 Å². The monoisotopic (exact) mass is 264 g/mol. The highest BCUT2D eigenvalue weighted by Gasteiger charge is 1.97. The van der Waals surface area contributed by atoms with Crippen molar-refractivity contribution in [2.45, 2.75) is 0 Å². The number of rotatable bonds is 3. The molecule has 0 fully saturated rings. The van der Waals surface area contributed by atoms with Crippen LogP contribution < -0.4 is 10.6 Å². The molecule has 0 heterocycles. The summed E-state index contributed by atoms with van der Waals surface area (Å²) in [4.78, 5) is 2.13. The van der Waals surface area contributed by atoms with Crippen molar-refractivity contribution in [2.24, 2.45) is 5.73 Å². The zero-order valence-electron chi connectivity index (χ0n) is 7.53. The van der Waals surface area contributed by atoms with Crippen molar-refractivity contribution in [3.63, 3.8) is 0 Å². The Kier molecular flexibility index (Phi) is 6.12. The van der Waals surface area contributed by atoms with E-state index in [1.807, 2.05) is 19.2 Å². The Morgan fingerprint density at radius 3 is 2.31 bits per heavy atom. The number of hydrogen-bond donors (Lipinski definition) is 1. The Morgan fingerprint density at radius 2 is 1.85 bits per heavy atom. The second-order valence-electron chi connectivity index (χ2n) is 2.69. The lowest BCUT2D eigenvalue weighted by Crippen LogP contribution is -2.24. The predicted molar refractivity (Wildman–Crippen MR) is 63.7 cm³/mol. The molecule has 0 aliphatic carbocycles. The molecule has 0 aromatic heterocycles. The number of nitrogens with zero attached hydrogens (tertiary/aromatic N) is 1. The summed E-state index contributed by atoms with van der Waals surface area (Å²) in [5.41, 5.74) is 6.64. The van der Waals surface area contributed by atoms with Crippen molar-refractivity contribution < 1.29 is 0 Å². The minimum atomic E-state index is 0. The topological polar surface area (TPSA) is 29.3 Å². The molecule has 0 bridgehead atoms. The number of likely N-dealkylation sites (N-methyl/N-ethyl adjacent to an activating group) is 1. The first kappa shape index (κ1) is 12.8. The van der Waals surface area contributed by atoms with Gasteiger partial charge in [-0.3, -0.25) is 0 Å². The van der Waals surface area contributed by atoms with Gasteiger partial charge in [-0.2, -0.15) is 0 Å². The van der Waals surface area contributed by atoms with Gasteiger partial charge in [0.2, 0.25) is 0 Å². The number of hydrogen-bond acceptors (Lipinski definition) is 2. The molecule has 0 radical (unpaired) electrons. The largest absolute Gasteiger partial charge is 0.373 e. The van der Waals surface area contributed by atoms with E-state index in [-0.39, 0.29) is 12.4 Å². The van der Waals surface area contributed by atoms with Gasteiger partial charge in [-0.05, 0) is 24.3 Å². The highest BCUT2D eigenvalue weighted by molar-refractivity contribution is 9.10. The summed E-state index contributed by atoms with van der Waals surface area (Å²) in [6, 6.07) is 8.20. The molecule has 1 aromatic rings. The molecule has 13 heavy (non-hydrogen) atoms. The number of anilines is 1. The van der Waals surface area contributed by atoms with Gasteiger partial charge in [0.05, 0.1) is 0 Å². The normalized spacial score (nSPS) is 9.15. The summed E-state index contributed by atoms with van der Waals surface area (Å²) in [5, 5.41) is 0. The van der Waals surface area contributed by atoms with Crippen LogP contribution >= 0.6 is 28.3 Å². The third-order valence-electron chi connectivity index (χ3n) is 1.73. The van der Waals surface area contributed by atoms with Crippen LogP contribution in [0.25, 0.3) is 0 Å². The van der Waals surface area contributed by atoms with Gasteiger partial charge in [-0.25, -0.2) is 0 Å². The lowest BCUT2D eigenvalue weighted by Gasteiger charge is -2.17. The third kappa shape index (κ3) is 3.98. The van der Waals surface area contributed by atoms with E-state index in [1.165, 1.54) is 5.69 Å². The smallest absolute Gasteiger partial charge is 0.0364 e. The molecule has 0 amide bonds. The van der Waals surface area contributed by atoms with Crippen LogP contribution in [0.4, 0.5) is 5.69 Å². The zero-order chi connectivity index (χ0) is 8.97. The van der Waals surface area contributed by atoms with E-state index in [1.54, 1.807) is 0 Å². The Labute approximate surface area is 93.6 Å². The van der Waals surface area contributed by atoms with Crippen molar-refractivity contribution in [2.75, 3.05) is 25.0 Å². The van der Waals surface area contributed by atoms with Crippen molar-refractivity contribution in [3.8, 4) is 0 Å². The number of halogens is 2. The predicted octanol–water partition coefficient (Wildman–Crippen LogP) is 2.27. The van der Waals surface area contributed by atoms with Gasteiger partial charge in [0.1, 0.15) is 0 Å². The molecule has 1 rings (SSSR count). The molecule has 2 nitrogen and oxygen atoms in total. The number of nitrogens with two attached hydrogens (primary N) is 1. The van der Waals surface area contributed by atoms with Gasteiger partial charge in [-0.1, -0.05) is 15.9 Å². The van der Waals surface area contributed by atoms with E-state index >= 15 is 0 Å². The lowest BCUT2D eigenvalue weighted by atomic mass is 10.3. The van der Waals surface area contributed by atoms with Gasteiger partial charge in [0.25, 0.3) is 0 Å². The highest BCUT2D eigenvalue weighted by Crippen LogP contribution is 2.16. The fourth-order valence-electron chi connectivity index (χ4n) is 1.02. The Morgan fingerprint density at radius 1 is 1.31 bits per heavy atom. The first-order valence-corrected chi connectivity index (χ1v) is 4.70. The van der Waals surface area contributed by atoms with Gasteiger partial charge in [0.15, 0.2) is 0 Å². The van der Waals surface area contributed by atoms with Crippen LogP contribution in [0, 0.1) is 0 Å². The van der Waals surface area contributed by atoms with E-state index in [9.17, 15) is 0 Å². The van der Waals surface area contributed by atoms with Crippen LogP contribution in [0.3, 0.4) is 0 Å². The quantitative estimate of drug-likeness (QED) is 0.908. The summed E-state index contributed by atoms with van der Waals surface area (Å²) >= 11 is 3.39. The van der Waals surface area contributed by atoms with E-state index in [0.717, 1.165) is 11.0 Å². The molecule has 0 atom stereocenters. The molecule has 2 N–H and O–H groups in total. The molecule has 74 valence electrons. The molecule has 4 heteroatoms. The molecular formula is C9H14BrClN2. The van der Waals surface area contributed by atoms with E-state index in [4.69, 9.17) is 5.73 Å². The van der Waals surface area contributed by atoms with Crippen molar-refractivity contribution in [1.82, 2.24) is 0 Å². The van der Waals surface area contributed by atoms with Gasteiger partial charge >= 0.3 is 0 Å². The maximum Gasteiger partial charge on any atom is 0.0364 e. The second kappa shape index (κ2) is 6.24. The fraction of sp³-hybridized carbons (Fsp3) is 0.333. The SMILES string of the molecule is CN(CCN)c1ccc(Br)cc1.Cl. The van der Waals surface area contributed by atoms with Gasteiger partial charge < -0.3 is 10.6 Å². The molecule has 1 aromatic carbocycles. The van der Waals surface area contributed by atoms with Crippen LogP contribution in [-0.2, 0) is 0 Å². The number of benzene rings is 1. The molecule has 0 unspecified atom stereocenters. The average Bonchev–Trinajstić information content (AvgIpc) is 2.06. The molecule has 0 aliphatic heterocycles. The van der Waals surface area contributed by atoms with Crippen LogP contribution in [-0.4, -0.2) is 20.1 Å². The Hall–Kier alpha value is -0.250. The first-order chi connectivity index (χ1) is 5.74. The van der Waals surface area contributed by atoms with E-state index in [0.29, 0.717) is 6.54 Å². The summed E-state index contributed by atoms with van der Waals surface area (Å²) in [7, 11) is 2.04. The van der Waals surface area contributed by atoms with Crippen LogP contribution in [0.15, 0.2) is 28.7 Å². The van der Waals surface area contributed by atoms with Gasteiger partial charge in [-0.15, -0.1) is 12.4 Å². The summed E-state index contributed by atoms with van der Waals surface area (Å²) in [6.45, 7) is 1.58. The Balaban J connectivity index is 0.00000144. The van der Waals surface area contributed by atoms with Crippen LogP contribution in [0.2, 0.25) is 0 Å². The van der Waals surface area contributed by atoms with E-state index < -0.39 is 0 Å². The minimum Gasteiger partial charge on any atom is -0.373 e. The average molecular weight is 266 g/mol. The molecule has 0 spiro atoms. The van der Waals surface area contributed by atoms with Crippen LogP contribution in [0.1, 0.15) is 0 Å². The first-order valence-electron chi connectivity index (χ1n) is 3.91. The highest BCUT2D eigenvalue weighted by atomic mass is 79.9. The standard InChI is InChI=1S/C9H13BrN2.ClH/c1-12(7-6-11)9-4-2-8(10)3-5-9;/h2-5H,6-7,11H2,1H3;1H. The summed E-state index contributed by atoms with van der Waals surface area (Å²) in [6.07, 6.45) is 0. The third-order valence-corrected chi connectivity index (χ3v) is 2.26. The van der Waals surface area contributed by atoms with Crippen molar-refractivity contribution >= 4 is 34.0 Å².